The van der Waals surface area contributed by atoms with Crippen LogP contribution < -0.4 is 4.74 Å². The third-order valence-electron chi connectivity index (χ3n) is 7.41. The van der Waals surface area contributed by atoms with E-state index >= 15 is 0 Å². The number of allylic oxidation sites excluding steroid dienone is 2. The lowest BCUT2D eigenvalue weighted by atomic mass is 9.68. The molecule has 2 saturated carbocycles. The van der Waals surface area contributed by atoms with Gasteiger partial charge in [0.05, 0.1) is 6.67 Å². The first-order valence-corrected chi connectivity index (χ1v) is 12.3. The van der Waals surface area contributed by atoms with E-state index in [1.54, 1.807) is 0 Å². The Morgan fingerprint density at radius 2 is 1.37 bits per heavy atom. The fraction of sp³-hybridized carbons (Fsp3) is 0.692. The topological polar surface area (TPSA) is 9.23 Å². The first kappa shape index (κ1) is 27.8. The highest BCUT2D eigenvalue weighted by molar-refractivity contribution is 5.32. The first-order chi connectivity index (χ1) is 16.5. The molecule has 0 aromatic heterocycles. The van der Waals surface area contributed by atoms with Gasteiger partial charge in [-0.1, -0.05) is 12.2 Å². The zero-order chi connectivity index (χ0) is 25.6. The lowest BCUT2D eigenvalue weighted by Crippen LogP contribution is -2.35. The molecule has 0 spiro atoms. The van der Waals surface area contributed by atoms with Crippen molar-refractivity contribution in [2.45, 2.75) is 76.3 Å². The van der Waals surface area contributed by atoms with Crippen LogP contribution in [0, 0.1) is 35.3 Å². The van der Waals surface area contributed by atoms with Gasteiger partial charge in [-0.3, -0.25) is 4.39 Å². The van der Waals surface area contributed by atoms with Crippen molar-refractivity contribution in [1.82, 2.24) is 0 Å². The van der Waals surface area contributed by atoms with Crippen LogP contribution in [-0.2, 0) is 6.42 Å². The molecule has 0 radical (unpaired) electrons. The molecular weight excluding hydrogens is 480 g/mol. The molecule has 0 amide bonds. The molecule has 1 aromatic carbocycles. The largest absolute Gasteiger partial charge is 0.478 e. The SMILES string of the molecule is FCCC=CC1CCC(C2CCC(C(F)(F)Cc3cc(F)c(OCC(F)(F)F)c(F)c3)CC2)CC1. The fourth-order valence-corrected chi connectivity index (χ4v) is 5.60. The van der Waals surface area contributed by atoms with E-state index in [9.17, 15) is 35.1 Å². The van der Waals surface area contributed by atoms with Crippen molar-refractivity contribution in [3.05, 3.63) is 41.5 Å². The van der Waals surface area contributed by atoms with E-state index in [0.29, 0.717) is 62.0 Å². The van der Waals surface area contributed by atoms with Crippen molar-refractivity contribution in [1.29, 1.82) is 0 Å². The van der Waals surface area contributed by atoms with Gasteiger partial charge in [0.25, 0.3) is 5.92 Å². The number of halogens is 8. The Hall–Kier alpha value is -1.80. The van der Waals surface area contributed by atoms with Crippen molar-refractivity contribution >= 4 is 0 Å². The maximum Gasteiger partial charge on any atom is 0.422 e. The molecule has 9 heteroatoms. The van der Waals surface area contributed by atoms with Crippen LogP contribution in [0.1, 0.15) is 63.4 Å². The molecule has 0 aliphatic heterocycles. The van der Waals surface area contributed by atoms with Gasteiger partial charge in [0, 0.05) is 12.3 Å². The van der Waals surface area contributed by atoms with Gasteiger partial charge in [-0.15, -0.1) is 0 Å². The van der Waals surface area contributed by atoms with Crippen molar-refractivity contribution in [2.75, 3.05) is 13.3 Å². The standard InChI is InChI=1S/C26H32F8O/c27-12-2-1-3-17-4-6-19(7-5-17)20-8-10-21(11-9-20)25(30,31)15-18-13-22(28)24(23(29)14-18)35-16-26(32,33)34/h1,3,13-14,17,19-21H,2,4-12,15-16H2. The molecule has 2 aliphatic rings. The van der Waals surface area contributed by atoms with Crippen LogP contribution in [0.3, 0.4) is 0 Å². The Morgan fingerprint density at radius 3 is 1.89 bits per heavy atom. The molecule has 0 N–H and O–H groups in total. The molecule has 3 rings (SSSR count). The van der Waals surface area contributed by atoms with Crippen LogP contribution in [-0.4, -0.2) is 25.4 Å². The summed E-state index contributed by atoms with van der Waals surface area (Å²) < 4.78 is 111. The summed E-state index contributed by atoms with van der Waals surface area (Å²) in [4.78, 5) is 0. The predicted molar refractivity (Wildman–Crippen MR) is 117 cm³/mol. The number of rotatable bonds is 9. The third-order valence-corrected chi connectivity index (χ3v) is 7.41. The monoisotopic (exact) mass is 512 g/mol. The third kappa shape index (κ3) is 8.10. The maximum atomic E-state index is 15.0. The molecule has 2 aliphatic carbocycles. The summed E-state index contributed by atoms with van der Waals surface area (Å²) in [6.07, 6.45) is 4.91. The molecule has 2 fully saturated rings. The van der Waals surface area contributed by atoms with Crippen molar-refractivity contribution < 1.29 is 39.9 Å². The van der Waals surface area contributed by atoms with E-state index < -0.39 is 48.4 Å². The molecule has 0 heterocycles. The van der Waals surface area contributed by atoms with Gasteiger partial charge in [-0.05, 0) is 93.2 Å². The summed E-state index contributed by atoms with van der Waals surface area (Å²) in [7, 11) is 0. The highest BCUT2D eigenvalue weighted by atomic mass is 19.4. The van der Waals surface area contributed by atoms with E-state index in [2.05, 4.69) is 10.8 Å². The van der Waals surface area contributed by atoms with Crippen LogP contribution >= 0.6 is 0 Å². The minimum atomic E-state index is -4.78. The number of benzene rings is 1. The lowest BCUT2D eigenvalue weighted by molar-refractivity contribution is -0.154. The second kappa shape index (κ2) is 12.0. The maximum absolute atomic E-state index is 15.0. The molecule has 0 unspecified atom stereocenters. The number of alkyl halides is 6. The molecule has 1 nitrogen and oxygen atoms in total. The normalized spacial score (nSPS) is 26.3. The van der Waals surface area contributed by atoms with Gasteiger partial charge in [0.15, 0.2) is 24.0 Å². The minimum absolute atomic E-state index is 0.314. The average molecular weight is 513 g/mol. The summed E-state index contributed by atoms with van der Waals surface area (Å²) in [5, 5.41) is 0. The quantitative estimate of drug-likeness (QED) is 0.238. The summed E-state index contributed by atoms with van der Waals surface area (Å²) in [6, 6.07) is 1.24. The smallest absolute Gasteiger partial charge is 0.422 e. The molecule has 0 saturated heterocycles. The Balaban J connectivity index is 1.51. The van der Waals surface area contributed by atoms with E-state index in [-0.39, 0.29) is 12.2 Å². The Morgan fingerprint density at radius 1 is 0.829 bits per heavy atom. The van der Waals surface area contributed by atoms with Crippen LogP contribution in [0.15, 0.2) is 24.3 Å². The second-order valence-electron chi connectivity index (χ2n) is 9.92. The van der Waals surface area contributed by atoms with E-state index in [1.165, 1.54) is 0 Å². The summed E-state index contributed by atoms with van der Waals surface area (Å²) in [5.41, 5.74) is -0.314. The molecule has 198 valence electrons. The van der Waals surface area contributed by atoms with E-state index in [1.807, 2.05) is 6.08 Å². The summed E-state index contributed by atoms with van der Waals surface area (Å²) in [6.45, 7) is -2.23. The second-order valence-corrected chi connectivity index (χ2v) is 9.92. The minimum Gasteiger partial charge on any atom is -0.478 e. The number of hydrogen-bond donors (Lipinski definition) is 0. The highest BCUT2D eigenvalue weighted by Gasteiger charge is 2.43. The number of hydrogen-bond acceptors (Lipinski definition) is 1. The van der Waals surface area contributed by atoms with Crippen molar-refractivity contribution in [3.8, 4) is 5.75 Å². The van der Waals surface area contributed by atoms with Crippen molar-refractivity contribution in [3.63, 3.8) is 0 Å². The predicted octanol–water partition coefficient (Wildman–Crippen LogP) is 8.61. The zero-order valence-electron chi connectivity index (χ0n) is 19.5. The van der Waals surface area contributed by atoms with Gasteiger partial charge in [0.2, 0.25) is 0 Å². The van der Waals surface area contributed by atoms with Crippen LogP contribution in [0.25, 0.3) is 0 Å². The Bertz CT molecular complexity index is 811. The first-order valence-electron chi connectivity index (χ1n) is 12.3. The zero-order valence-corrected chi connectivity index (χ0v) is 19.5. The molecule has 1 aromatic rings. The van der Waals surface area contributed by atoms with Crippen LogP contribution in [0.5, 0.6) is 5.75 Å². The summed E-state index contributed by atoms with van der Waals surface area (Å²) >= 11 is 0. The van der Waals surface area contributed by atoms with Crippen molar-refractivity contribution in [2.24, 2.45) is 23.7 Å². The van der Waals surface area contributed by atoms with Crippen LogP contribution in [0.4, 0.5) is 35.1 Å². The fourth-order valence-electron chi connectivity index (χ4n) is 5.60. The van der Waals surface area contributed by atoms with Gasteiger partial charge >= 0.3 is 6.18 Å². The van der Waals surface area contributed by atoms with E-state index in [4.69, 9.17) is 0 Å². The molecular formula is C26H32F8O. The summed E-state index contributed by atoms with van der Waals surface area (Å²) in [5.74, 6) is -6.83. The van der Waals surface area contributed by atoms with Gasteiger partial charge < -0.3 is 4.74 Å². The number of ether oxygens (including phenoxy) is 1. The molecule has 0 bridgehead atoms. The van der Waals surface area contributed by atoms with Crippen LogP contribution in [0.2, 0.25) is 0 Å². The molecule has 0 atom stereocenters. The van der Waals surface area contributed by atoms with Gasteiger partial charge in [0.1, 0.15) is 0 Å². The van der Waals surface area contributed by atoms with E-state index in [0.717, 1.165) is 25.7 Å². The van der Waals surface area contributed by atoms with Gasteiger partial charge in [-0.2, -0.15) is 13.2 Å². The van der Waals surface area contributed by atoms with Gasteiger partial charge in [-0.25, -0.2) is 17.6 Å². The molecule has 35 heavy (non-hydrogen) atoms. The average Bonchev–Trinajstić information content (AvgIpc) is 2.78. The highest BCUT2D eigenvalue weighted by Crippen LogP contribution is 2.46. The Labute approximate surface area is 200 Å². The lowest BCUT2D eigenvalue weighted by Gasteiger charge is -2.39. The Kier molecular flexibility index (Phi) is 9.49.